The second kappa shape index (κ2) is 8.59. The zero-order valence-corrected chi connectivity index (χ0v) is 12.9. The summed E-state index contributed by atoms with van der Waals surface area (Å²) in [5, 5.41) is 22.9. The number of carboxylic acids is 1. The Morgan fingerprint density at radius 1 is 0.958 bits per heavy atom. The maximum atomic E-state index is 12.0. The van der Waals surface area contributed by atoms with Crippen LogP contribution in [0.1, 0.15) is 30.1 Å². The van der Waals surface area contributed by atoms with Crippen molar-refractivity contribution in [3.05, 3.63) is 71.8 Å². The third-order valence-corrected chi connectivity index (χ3v) is 3.35. The van der Waals surface area contributed by atoms with E-state index in [1.165, 1.54) is 0 Å². The van der Waals surface area contributed by atoms with Crippen LogP contribution in [0.2, 0.25) is 0 Å². The number of aliphatic hydroxyl groups excluding tert-OH is 1. The van der Waals surface area contributed by atoms with E-state index in [1.807, 2.05) is 6.07 Å². The molecule has 0 aliphatic rings. The van der Waals surface area contributed by atoms with Gasteiger partial charge in [-0.1, -0.05) is 60.7 Å². The molecule has 0 fully saturated rings. The second-order valence-electron chi connectivity index (χ2n) is 5.11. The molecule has 6 nitrogen and oxygen atoms in total. The van der Waals surface area contributed by atoms with Crippen LogP contribution in [0.4, 0.5) is 0 Å². The summed E-state index contributed by atoms with van der Waals surface area (Å²) in [4.78, 5) is 22.8. The number of nitrogens with zero attached hydrogens (tertiary/aromatic N) is 1. The van der Waals surface area contributed by atoms with Crippen molar-refractivity contribution >= 4 is 17.6 Å². The minimum absolute atomic E-state index is 0.106. The topological polar surface area (TPSA) is 99.0 Å². The molecule has 0 aromatic heterocycles. The molecule has 0 aliphatic heterocycles. The number of amides is 1. The lowest BCUT2D eigenvalue weighted by molar-refractivity contribution is -0.136. The second-order valence-corrected chi connectivity index (χ2v) is 5.11. The molecule has 124 valence electrons. The number of benzene rings is 2. The van der Waals surface area contributed by atoms with Crippen LogP contribution in [-0.4, -0.2) is 27.8 Å². The van der Waals surface area contributed by atoms with Crippen LogP contribution in [0.15, 0.2) is 65.8 Å². The van der Waals surface area contributed by atoms with Crippen molar-refractivity contribution in [2.75, 3.05) is 0 Å². The van der Waals surface area contributed by atoms with Gasteiger partial charge in [0.05, 0.1) is 12.1 Å². The zero-order valence-electron chi connectivity index (χ0n) is 12.9. The van der Waals surface area contributed by atoms with E-state index >= 15 is 0 Å². The summed E-state index contributed by atoms with van der Waals surface area (Å²) in [6, 6.07) is 17.5. The number of carbonyl (C=O) groups excluding carboxylic acids is 1. The van der Waals surface area contributed by atoms with Crippen molar-refractivity contribution in [2.45, 2.75) is 18.9 Å². The summed E-state index contributed by atoms with van der Waals surface area (Å²) in [5.74, 6) is -1.63. The van der Waals surface area contributed by atoms with E-state index < -0.39 is 18.0 Å². The maximum absolute atomic E-state index is 12.0. The molecule has 0 saturated carbocycles. The monoisotopic (exact) mass is 326 g/mol. The van der Waals surface area contributed by atoms with E-state index in [-0.39, 0.29) is 12.8 Å². The number of aliphatic carboxylic acids is 1. The highest BCUT2D eigenvalue weighted by atomic mass is 16.4. The Morgan fingerprint density at radius 2 is 1.54 bits per heavy atom. The van der Waals surface area contributed by atoms with Gasteiger partial charge in [0.2, 0.25) is 0 Å². The van der Waals surface area contributed by atoms with Crippen LogP contribution in [0.5, 0.6) is 0 Å². The molecule has 1 atom stereocenters. The van der Waals surface area contributed by atoms with Crippen molar-refractivity contribution < 1.29 is 19.8 Å². The Labute approximate surface area is 139 Å². The summed E-state index contributed by atoms with van der Waals surface area (Å²) in [5.41, 5.74) is 3.92. The van der Waals surface area contributed by atoms with Crippen molar-refractivity contribution in [3.63, 3.8) is 0 Å². The molecular formula is C18H18N2O4. The van der Waals surface area contributed by atoms with Crippen LogP contribution in [0, 0.1) is 0 Å². The molecule has 2 rings (SSSR count). The average Bonchev–Trinajstić information content (AvgIpc) is 2.62. The molecule has 24 heavy (non-hydrogen) atoms. The van der Waals surface area contributed by atoms with E-state index in [4.69, 9.17) is 5.11 Å². The summed E-state index contributed by atoms with van der Waals surface area (Å²) < 4.78 is 0. The van der Waals surface area contributed by atoms with Gasteiger partial charge in [-0.05, 0) is 11.1 Å². The summed E-state index contributed by atoms with van der Waals surface area (Å²) in [7, 11) is 0. The molecular weight excluding hydrogens is 308 g/mol. The third-order valence-electron chi connectivity index (χ3n) is 3.35. The first-order valence-electron chi connectivity index (χ1n) is 7.44. The fourth-order valence-corrected chi connectivity index (χ4v) is 2.09. The van der Waals surface area contributed by atoms with E-state index in [0.29, 0.717) is 16.8 Å². The number of hydrogen-bond acceptors (Lipinski definition) is 4. The van der Waals surface area contributed by atoms with E-state index in [9.17, 15) is 14.7 Å². The lowest BCUT2D eigenvalue weighted by Gasteiger charge is -2.10. The lowest BCUT2D eigenvalue weighted by Crippen LogP contribution is -2.26. The first-order valence-corrected chi connectivity index (χ1v) is 7.44. The Morgan fingerprint density at radius 3 is 2.12 bits per heavy atom. The standard InChI is InChI=1S/C18H18N2O4/c21-16(22)12-11-15(13-7-3-1-4-8-13)19-20-18(24)17(23)14-9-5-2-6-10-14/h1-10,17,23H,11-12H2,(H,20,24)(H,21,22). The van der Waals surface area contributed by atoms with Gasteiger partial charge in [0.15, 0.2) is 6.10 Å². The van der Waals surface area contributed by atoms with Gasteiger partial charge < -0.3 is 10.2 Å². The Hall–Kier alpha value is -2.99. The minimum atomic E-state index is -1.34. The Kier molecular flexibility index (Phi) is 6.22. The highest BCUT2D eigenvalue weighted by Crippen LogP contribution is 2.12. The minimum Gasteiger partial charge on any atom is -0.481 e. The first-order chi connectivity index (χ1) is 11.6. The lowest BCUT2D eigenvalue weighted by atomic mass is 10.1. The number of nitrogens with one attached hydrogen (secondary N) is 1. The molecule has 1 unspecified atom stereocenters. The van der Waals surface area contributed by atoms with Crippen molar-refractivity contribution in [1.29, 1.82) is 0 Å². The molecule has 0 saturated heterocycles. The number of hydrazone groups is 1. The molecule has 0 heterocycles. The highest BCUT2D eigenvalue weighted by molar-refractivity contribution is 6.02. The molecule has 0 spiro atoms. The summed E-state index contributed by atoms with van der Waals surface area (Å²) in [6.45, 7) is 0. The van der Waals surface area contributed by atoms with Gasteiger partial charge in [-0.15, -0.1) is 0 Å². The molecule has 3 N–H and O–H groups in total. The molecule has 0 bridgehead atoms. The third kappa shape index (κ3) is 5.03. The number of hydrogen-bond donors (Lipinski definition) is 3. The molecule has 6 heteroatoms. The fourth-order valence-electron chi connectivity index (χ4n) is 2.09. The normalized spacial score (nSPS) is 12.5. The molecule has 2 aromatic carbocycles. The van der Waals surface area contributed by atoms with Gasteiger partial charge in [0, 0.05) is 6.42 Å². The summed E-state index contributed by atoms with van der Waals surface area (Å²) >= 11 is 0. The smallest absolute Gasteiger partial charge is 0.303 e. The highest BCUT2D eigenvalue weighted by Gasteiger charge is 2.17. The van der Waals surface area contributed by atoms with Crippen molar-refractivity contribution in [2.24, 2.45) is 5.10 Å². The van der Waals surface area contributed by atoms with Gasteiger partial charge >= 0.3 is 5.97 Å². The molecule has 1 amide bonds. The van der Waals surface area contributed by atoms with Crippen LogP contribution in [-0.2, 0) is 9.59 Å². The Bertz CT molecular complexity index is 714. The molecule has 2 aromatic rings. The van der Waals surface area contributed by atoms with Crippen LogP contribution >= 0.6 is 0 Å². The SMILES string of the molecule is O=C(O)CCC(=NNC(=O)C(O)c1ccccc1)c1ccccc1. The molecule has 0 aliphatic carbocycles. The quantitative estimate of drug-likeness (QED) is 0.536. The average molecular weight is 326 g/mol. The van der Waals surface area contributed by atoms with Gasteiger partial charge in [0.25, 0.3) is 5.91 Å². The van der Waals surface area contributed by atoms with Crippen molar-refractivity contribution in [3.8, 4) is 0 Å². The molecule has 0 radical (unpaired) electrons. The number of aliphatic hydroxyl groups is 1. The number of rotatable bonds is 7. The Balaban J connectivity index is 2.11. The van der Waals surface area contributed by atoms with Crippen LogP contribution < -0.4 is 5.43 Å². The van der Waals surface area contributed by atoms with E-state index in [0.717, 1.165) is 0 Å². The van der Waals surface area contributed by atoms with Crippen LogP contribution in [0.3, 0.4) is 0 Å². The summed E-state index contributed by atoms with van der Waals surface area (Å²) in [6.07, 6.45) is -1.28. The van der Waals surface area contributed by atoms with Gasteiger partial charge in [-0.2, -0.15) is 5.10 Å². The number of carbonyl (C=O) groups is 2. The number of carboxylic acid groups (broad SMARTS) is 1. The van der Waals surface area contributed by atoms with Crippen molar-refractivity contribution in [1.82, 2.24) is 5.43 Å². The van der Waals surface area contributed by atoms with Gasteiger partial charge in [0.1, 0.15) is 0 Å². The van der Waals surface area contributed by atoms with E-state index in [2.05, 4.69) is 10.5 Å². The largest absolute Gasteiger partial charge is 0.481 e. The van der Waals surface area contributed by atoms with E-state index in [1.54, 1.807) is 54.6 Å². The van der Waals surface area contributed by atoms with Gasteiger partial charge in [-0.3, -0.25) is 9.59 Å². The fraction of sp³-hybridized carbons (Fsp3) is 0.167. The zero-order chi connectivity index (χ0) is 17.4. The maximum Gasteiger partial charge on any atom is 0.303 e. The van der Waals surface area contributed by atoms with Crippen LogP contribution in [0.25, 0.3) is 0 Å². The van der Waals surface area contributed by atoms with Gasteiger partial charge in [-0.25, -0.2) is 5.43 Å². The predicted molar refractivity (Wildman–Crippen MR) is 89.4 cm³/mol. The predicted octanol–water partition coefficient (Wildman–Crippen LogP) is 2.11. The first kappa shape index (κ1) is 17.4.